The summed E-state index contributed by atoms with van der Waals surface area (Å²) in [6.45, 7) is 2.52. The first kappa shape index (κ1) is 12.1. The maximum Gasteiger partial charge on any atom is 0.149 e. The van der Waals surface area contributed by atoms with Gasteiger partial charge in [-0.1, -0.05) is 0 Å². The highest BCUT2D eigenvalue weighted by molar-refractivity contribution is 5.99. The van der Waals surface area contributed by atoms with Crippen LogP contribution in [0.3, 0.4) is 0 Å². The Balaban J connectivity index is 2.89. The molecule has 0 atom stereocenters. The second-order valence-corrected chi connectivity index (χ2v) is 3.66. The van der Waals surface area contributed by atoms with E-state index in [0.717, 1.165) is 0 Å². The molecule has 0 saturated heterocycles. The minimum absolute atomic E-state index is 0.198. The molecule has 0 saturated carbocycles. The highest BCUT2D eigenvalue weighted by atomic mass is 19.1. The summed E-state index contributed by atoms with van der Waals surface area (Å²) in [6, 6.07) is 4.87. The first-order valence-electron chi connectivity index (χ1n) is 5.52. The van der Waals surface area contributed by atoms with Gasteiger partial charge in [-0.05, 0) is 19.1 Å². The summed E-state index contributed by atoms with van der Waals surface area (Å²) in [5.74, 6) is 0.0568. The van der Waals surface area contributed by atoms with E-state index in [-0.39, 0.29) is 5.52 Å². The largest absolute Gasteiger partial charge is 0.496 e. The van der Waals surface area contributed by atoms with Crippen LogP contribution >= 0.6 is 0 Å². The van der Waals surface area contributed by atoms with Crippen molar-refractivity contribution in [3.63, 3.8) is 0 Å². The highest BCUT2D eigenvalue weighted by Gasteiger charge is 2.15. The number of hydrogen-bond donors (Lipinski definition) is 1. The van der Waals surface area contributed by atoms with Gasteiger partial charge in [-0.3, -0.25) is 4.98 Å². The number of benzene rings is 1. The summed E-state index contributed by atoms with van der Waals surface area (Å²) in [5.41, 5.74) is 1.12. The van der Waals surface area contributed by atoms with E-state index in [1.165, 1.54) is 25.4 Å². The van der Waals surface area contributed by atoms with Crippen molar-refractivity contribution in [2.45, 2.75) is 6.92 Å². The molecule has 0 bridgehead atoms. The van der Waals surface area contributed by atoms with Gasteiger partial charge in [-0.2, -0.15) is 5.26 Å². The van der Waals surface area contributed by atoms with Crippen molar-refractivity contribution in [3.05, 3.63) is 29.7 Å². The molecule has 4 nitrogen and oxygen atoms in total. The maximum absolute atomic E-state index is 13.7. The van der Waals surface area contributed by atoms with Crippen LogP contribution in [0.2, 0.25) is 0 Å². The third-order valence-electron chi connectivity index (χ3n) is 2.63. The molecule has 1 N–H and O–H groups in total. The fourth-order valence-corrected chi connectivity index (χ4v) is 1.86. The third kappa shape index (κ3) is 1.82. The summed E-state index contributed by atoms with van der Waals surface area (Å²) in [6.07, 6.45) is 1.36. The van der Waals surface area contributed by atoms with Crippen molar-refractivity contribution >= 4 is 16.6 Å². The standard InChI is InChI=1S/C13H12FN3O/c1-3-16-12-8(6-15)7-17-13-9(14)4-5-10(18-2)11(12)13/h4-5,7H,3H2,1-2H3,(H,16,17). The lowest BCUT2D eigenvalue weighted by Gasteiger charge is -2.13. The minimum atomic E-state index is -0.436. The van der Waals surface area contributed by atoms with Gasteiger partial charge in [0.1, 0.15) is 23.2 Å². The Labute approximate surface area is 104 Å². The van der Waals surface area contributed by atoms with Gasteiger partial charge in [0.25, 0.3) is 0 Å². The lowest BCUT2D eigenvalue weighted by molar-refractivity contribution is 0.419. The number of ether oxygens (including phenoxy) is 1. The highest BCUT2D eigenvalue weighted by Crippen LogP contribution is 2.34. The Kier molecular flexibility index (Phi) is 3.28. The van der Waals surface area contributed by atoms with Gasteiger partial charge in [-0.25, -0.2) is 4.39 Å². The number of anilines is 1. The summed E-state index contributed by atoms with van der Waals surface area (Å²) in [7, 11) is 1.50. The SMILES string of the molecule is CCNc1c(C#N)cnc2c(F)ccc(OC)c12. The first-order chi connectivity index (χ1) is 8.72. The number of hydrogen-bond acceptors (Lipinski definition) is 4. The van der Waals surface area contributed by atoms with Crippen LogP contribution in [0.15, 0.2) is 18.3 Å². The number of halogens is 1. The average molecular weight is 245 g/mol. The van der Waals surface area contributed by atoms with E-state index >= 15 is 0 Å². The van der Waals surface area contributed by atoms with Crippen molar-refractivity contribution < 1.29 is 9.13 Å². The molecule has 1 heterocycles. The molecule has 5 heteroatoms. The molecule has 0 unspecified atom stereocenters. The Morgan fingerprint density at radius 1 is 1.50 bits per heavy atom. The van der Waals surface area contributed by atoms with Gasteiger partial charge < -0.3 is 10.1 Å². The number of rotatable bonds is 3. The van der Waals surface area contributed by atoms with Crippen LogP contribution in [-0.4, -0.2) is 18.6 Å². The Bertz CT molecular complexity index is 634. The number of fused-ring (bicyclic) bond motifs is 1. The second kappa shape index (κ2) is 4.88. The molecule has 0 radical (unpaired) electrons. The maximum atomic E-state index is 13.7. The molecule has 0 aliphatic heterocycles. The molecule has 0 fully saturated rings. The van der Waals surface area contributed by atoms with Gasteiger partial charge in [-0.15, -0.1) is 0 Å². The molecular formula is C13H12FN3O. The third-order valence-corrected chi connectivity index (χ3v) is 2.63. The zero-order valence-corrected chi connectivity index (χ0v) is 10.1. The van der Waals surface area contributed by atoms with E-state index in [0.29, 0.717) is 28.9 Å². The Morgan fingerprint density at radius 2 is 2.28 bits per heavy atom. The molecule has 0 spiro atoms. The van der Waals surface area contributed by atoms with E-state index in [4.69, 9.17) is 10.00 Å². The molecule has 0 amide bonds. The topological polar surface area (TPSA) is 57.9 Å². The molecule has 92 valence electrons. The zero-order chi connectivity index (χ0) is 13.1. The summed E-state index contributed by atoms with van der Waals surface area (Å²) >= 11 is 0. The normalized spacial score (nSPS) is 10.1. The summed E-state index contributed by atoms with van der Waals surface area (Å²) in [5, 5.41) is 12.6. The van der Waals surface area contributed by atoms with Crippen molar-refractivity contribution in [1.29, 1.82) is 5.26 Å². The van der Waals surface area contributed by atoms with E-state index in [1.807, 2.05) is 13.0 Å². The monoisotopic (exact) mass is 245 g/mol. The van der Waals surface area contributed by atoms with Crippen LogP contribution in [-0.2, 0) is 0 Å². The number of pyridine rings is 1. The fourth-order valence-electron chi connectivity index (χ4n) is 1.86. The van der Waals surface area contributed by atoms with Gasteiger partial charge in [0.05, 0.1) is 23.7 Å². The van der Waals surface area contributed by atoms with Crippen molar-refractivity contribution in [2.24, 2.45) is 0 Å². The second-order valence-electron chi connectivity index (χ2n) is 3.66. The van der Waals surface area contributed by atoms with Crippen molar-refractivity contribution in [2.75, 3.05) is 19.0 Å². The number of nitriles is 1. The number of methoxy groups -OCH3 is 1. The predicted octanol–water partition coefficient (Wildman–Crippen LogP) is 2.69. The Morgan fingerprint density at radius 3 is 2.89 bits per heavy atom. The number of aromatic nitrogens is 1. The molecule has 2 aromatic rings. The number of nitrogens with zero attached hydrogens (tertiary/aromatic N) is 2. The minimum Gasteiger partial charge on any atom is -0.496 e. The lowest BCUT2D eigenvalue weighted by atomic mass is 10.1. The first-order valence-corrected chi connectivity index (χ1v) is 5.52. The molecule has 1 aromatic carbocycles. The van der Waals surface area contributed by atoms with Gasteiger partial charge in [0, 0.05) is 12.7 Å². The van der Waals surface area contributed by atoms with E-state index in [1.54, 1.807) is 0 Å². The van der Waals surface area contributed by atoms with E-state index in [9.17, 15) is 4.39 Å². The summed E-state index contributed by atoms with van der Waals surface area (Å²) in [4.78, 5) is 3.99. The molecule has 1 aromatic heterocycles. The molecule has 2 rings (SSSR count). The van der Waals surface area contributed by atoms with Crippen molar-refractivity contribution in [3.8, 4) is 11.8 Å². The summed E-state index contributed by atoms with van der Waals surface area (Å²) < 4.78 is 18.9. The Hall–Kier alpha value is -2.35. The molecular weight excluding hydrogens is 233 g/mol. The fraction of sp³-hybridized carbons (Fsp3) is 0.231. The predicted molar refractivity (Wildman–Crippen MR) is 67.1 cm³/mol. The van der Waals surface area contributed by atoms with Crippen LogP contribution in [0.4, 0.5) is 10.1 Å². The van der Waals surface area contributed by atoms with E-state index < -0.39 is 5.82 Å². The van der Waals surface area contributed by atoms with Gasteiger partial charge >= 0.3 is 0 Å². The quantitative estimate of drug-likeness (QED) is 0.903. The van der Waals surface area contributed by atoms with Crippen LogP contribution in [0.1, 0.15) is 12.5 Å². The van der Waals surface area contributed by atoms with Crippen molar-refractivity contribution in [1.82, 2.24) is 4.98 Å². The zero-order valence-electron chi connectivity index (χ0n) is 10.1. The average Bonchev–Trinajstić information content (AvgIpc) is 2.40. The van der Waals surface area contributed by atoms with Crippen LogP contribution < -0.4 is 10.1 Å². The van der Waals surface area contributed by atoms with Gasteiger partial charge in [0.15, 0.2) is 0 Å². The number of nitrogens with one attached hydrogen (secondary N) is 1. The molecule has 18 heavy (non-hydrogen) atoms. The smallest absolute Gasteiger partial charge is 0.149 e. The van der Waals surface area contributed by atoms with E-state index in [2.05, 4.69) is 10.3 Å². The van der Waals surface area contributed by atoms with Gasteiger partial charge in [0.2, 0.25) is 0 Å². The molecule has 0 aliphatic carbocycles. The lowest BCUT2D eigenvalue weighted by Crippen LogP contribution is -2.03. The van der Waals surface area contributed by atoms with Crippen LogP contribution in [0.25, 0.3) is 10.9 Å². The molecule has 0 aliphatic rings. The van der Waals surface area contributed by atoms with Crippen LogP contribution in [0, 0.1) is 17.1 Å². The van der Waals surface area contributed by atoms with Crippen LogP contribution in [0.5, 0.6) is 5.75 Å².